The standard InChI is InChI=1S/C10H5Cl2FN2O4S2/c11-9-4-8(10(12)20-9)21(18,19)14-5-1-2-6(13)7(3-5)15(16)17/h1-4,14H. The number of nitrogens with one attached hydrogen (secondary N) is 1. The van der Waals surface area contributed by atoms with Crippen molar-refractivity contribution in [2.75, 3.05) is 4.72 Å². The Morgan fingerprint density at radius 1 is 1.29 bits per heavy atom. The summed E-state index contributed by atoms with van der Waals surface area (Å²) in [6, 6.07) is 3.77. The van der Waals surface area contributed by atoms with E-state index in [-0.39, 0.29) is 19.3 Å². The fourth-order valence-corrected chi connectivity index (χ4v) is 4.63. The molecule has 1 heterocycles. The molecule has 2 aromatic rings. The lowest BCUT2D eigenvalue weighted by Gasteiger charge is -2.07. The number of sulfonamides is 1. The van der Waals surface area contributed by atoms with E-state index in [1.807, 2.05) is 0 Å². The maximum Gasteiger partial charge on any atom is 0.306 e. The first-order valence-corrected chi connectivity index (χ1v) is 8.18. The Hall–Kier alpha value is -1.42. The third-order valence-corrected chi connectivity index (χ3v) is 5.44. The van der Waals surface area contributed by atoms with Crippen LogP contribution in [0.3, 0.4) is 0 Å². The molecule has 0 unspecified atom stereocenters. The van der Waals surface area contributed by atoms with E-state index in [1.54, 1.807) is 0 Å². The lowest BCUT2D eigenvalue weighted by molar-refractivity contribution is -0.387. The van der Waals surface area contributed by atoms with Gasteiger partial charge in [0.05, 0.1) is 14.9 Å². The van der Waals surface area contributed by atoms with Gasteiger partial charge in [-0.15, -0.1) is 11.3 Å². The van der Waals surface area contributed by atoms with Crippen LogP contribution in [0.5, 0.6) is 0 Å². The summed E-state index contributed by atoms with van der Waals surface area (Å²) >= 11 is 12.3. The van der Waals surface area contributed by atoms with Gasteiger partial charge in [-0.05, 0) is 18.2 Å². The molecule has 0 saturated carbocycles. The van der Waals surface area contributed by atoms with E-state index in [9.17, 15) is 22.9 Å². The molecule has 1 aromatic carbocycles. The molecule has 0 saturated heterocycles. The van der Waals surface area contributed by atoms with Crippen LogP contribution in [0.1, 0.15) is 0 Å². The highest BCUT2D eigenvalue weighted by atomic mass is 35.5. The quantitative estimate of drug-likeness (QED) is 0.652. The predicted molar refractivity (Wildman–Crippen MR) is 78.2 cm³/mol. The van der Waals surface area contributed by atoms with Gasteiger partial charge in [0.1, 0.15) is 9.23 Å². The summed E-state index contributed by atoms with van der Waals surface area (Å²) in [5.74, 6) is -1.07. The zero-order valence-electron chi connectivity index (χ0n) is 9.84. The number of thiophene rings is 1. The zero-order valence-corrected chi connectivity index (χ0v) is 13.0. The molecular weight excluding hydrogens is 366 g/mol. The molecule has 0 amide bonds. The van der Waals surface area contributed by atoms with E-state index in [4.69, 9.17) is 23.2 Å². The molecule has 21 heavy (non-hydrogen) atoms. The second kappa shape index (κ2) is 5.76. The lowest BCUT2D eigenvalue weighted by atomic mass is 10.3. The monoisotopic (exact) mass is 370 g/mol. The van der Waals surface area contributed by atoms with Crippen molar-refractivity contribution in [3.8, 4) is 0 Å². The molecule has 6 nitrogen and oxygen atoms in total. The third kappa shape index (κ3) is 3.43. The summed E-state index contributed by atoms with van der Waals surface area (Å²) in [6.07, 6.45) is 0. The van der Waals surface area contributed by atoms with Crippen molar-refractivity contribution in [2.24, 2.45) is 0 Å². The van der Waals surface area contributed by atoms with Crippen LogP contribution in [0.25, 0.3) is 0 Å². The molecule has 11 heteroatoms. The maximum atomic E-state index is 13.2. The van der Waals surface area contributed by atoms with Crippen LogP contribution in [-0.4, -0.2) is 13.3 Å². The average molecular weight is 371 g/mol. The van der Waals surface area contributed by atoms with Gasteiger partial charge in [0, 0.05) is 6.07 Å². The van der Waals surface area contributed by atoms with Gasteiger partial charge >= 0.3 is 5.69 Å². The Labute approximate surface area is 132 Å². The number of nitro benzene ring substituents is 1. The number of halogens is 3. The van der Waals surface area contributed by atoms with Crippen molar-refractivity contribution < 1.29 is 17.7 Å². The largest absolute Gasteiger partial charge is 0.306 e. The third-order valence-electron chi connectivity index (χ3n) is 2.31. The smallest absolute Gasteiger partial charge is 0.279 e. The number of nitrogens with zero attached hydrogens (tertiary/aromatic N) is 1. The molecule has 0 fully saturated rings. The van der Waals surface area contributed by atoms with Gasteiger partial charge in [-0.2, -0.15) is 4.39 Å². The van der Waals surface area contributed by atoms with Gasteiger partial charge in [0.2, 0.25) is 5.82 Å². The number of anilines is 1. The molecule has 0 atom stereocenters. The number of rotatable bonds is 4. The minimum Gasteiger partial charge on any atom is -0.279 e. The minimum atomic E-state index is -4.08. The van der Waals surface area contributed by atoms with E-state index in [1.165, 1.54) is 0 Å². The van der Waals surface area contributed by atoms with E-state index < -0.39 is 26.5 Å². The zero-order chi connectivity index (χ0) is 15.8. The van der Waals surface area contributed by atoms with Crippen molar-refractivity contribution in [1.82, 2.24) is 0 Å². The van der Waals surface area contributed by atoms with Crippen LogP contribution in [0, 0.1) is 15.9 Å². The van der Waals surface area contributed by atoms with Crippen LogP contribution < -0.4 is 4.72 Å². The van der Waals surface area contributed by atoms with Crippen molar-refractivity contribution in [3.05, 3.63) is 48.9 Å². The Morgan fingerprint density at radius 3 is 2.48 bits per heavy atom. The molecule has 1 aromatic heterocycles. The number of hydrogen-bond donors (Lipinski definition) is 1. The highest BCUT2D eigenvalue weighted by Crippen LogP contribution is 2.35. The minimum absolute atomic E-state index is 0.0517. The molecule has 0 bridgehead atoms. The second-order valence-electron chi connectivity index (χ2n) is 3.72. The van der Waals surface area contributed by atoms with Crippen molar-refractivity contribution in [3.63, 3.8) is 0 Å². The molecule has 112 valence electrons. The number of hydrogen-bond acceptors (Lipinski definition) is 5. The average Bonchev–Trinajstić information content (AvgIpc) is 2.71. The van der Waals surface area contributed by atoms with E-state index in [0.29, 0.717) is 0 Å². The summed E-state index contributed by atoms with van der Waals surface area (Å²) in [6.45, 7) is 0. The second-order valence-corrected chi connectivity index (χ2v) is 7.65. The van der Waals surface area contributed by atoms with Crippen LogP contribution in [-0.2, 0) is 10.0 Å². The van der Waals surface area contributed by atoms with Crippen LogP contribution in [0.4, 0.5) is 15.8 Å². The Bertz CT molecular complexity index is 822. The van der Waals surface area contributed by atoms with Crippen LogP contribution >= 0.6 is 34.5 Å². The van der Waals surface area contributed by atoms with Crippen molar-refractivity contribution in [2.45, 2.75) is 4.90 Å². The fraction of sp³-hybridized carbons (Fsp3) is 0. The SMILES string of the molecule is O=[N+]([O-])c1cc(NS(=O)(=O)c2cc(Cl)sc2Cl)ccc1F. The lowest BCUT2D eigenvalue weighted by Crippen LogP contribution is -2.12. The molecule has 0 spiro atoms. The first-order chi connectivity index (χ1) is 9.70. The first kappa shape index (κ1) is 16.0. The molecule has 0 aliphatic rings. The summed E-state index contributed by atoms with van der Waals surface area (Å²) in [4.78, 5) is 9.40. The summed E-state index contributed by atoms with van der Waals surface area (Å²) < 4.78 is 39.6. The molecule has 0 radical (unpaired) electrons. The van der Waals surface area contributed by atoms with Gasteiger partial charge in [0.25, 0.3) is 10.0 Å². The van der Waals surface area contributed by atoms with Gasteiger partial charge < -0.3 is 0 Å². The summed E-state index contributed by atoms with van der Waals surface area (Å²) in [5.41, 5.74) is -1.01. The Balaban J connectivity index is 2.40. The van der Waals surface area contributed by atoms with Gasteiger partial charge in [-0.25, -0.2) is 8.42 Å². The number of benzene rings is 1. The summed E-state index contributed by atoms with van der Waals surface area (Å²) in [7, 11) is -4.08. The van der Waals surface area contributed by atoms with E-state index >= 15 is 0 Å². The normalized spacial score (nSPS) is 11.4. The predicted octanol–water partition coefficient (Wildman–Crippen LogP) is 3.90. The highest BCUT2D eigenvalue weighted by Gasteiger charge is 2.23. The summed E-state index contributed by atoms with van der Waals surface area (Å²) in [5, 5.41) is 10.6. The van der Waals surface area contributed by atoms with Crippen LogP contribution in [0.15, 0.2) is 29.2 Å². The van der Waals surface area contributed by atoms with Crippen LogP contribution in [0.2, 0.25) is 8.67 Å². The van der Waals surface area contributed by atoms with Crippen molar-refractivity contribution in [1.29, 1.82) is 0 Å². The van der Waals surface area contributed by atoms with E-state index in [2.05, 4.69) is 4.72 Å². The molecule has 2 rings (SSSR count). The Morgan fingerprint density at radius 2 is 1.95 bits per heavy atom. The topological polar surface area (TPSA) is 89.3 Å². The van der Waals surface area contributed by atoms with Gasteiger partial charge in [-0.3, -0.25) is 14.8 Å². The van der Waals surface area contributed by atoms with Gasteiger partial charge in [-0.1, -0.05) is 23.2 Å². The van der Waals surface area contributed by atoms with Gasteiger partial charge in [0.15, 0.2) is 0 Å². The highest BCUT2D eigenvalue weighted by molar-refractivity contribution is 7.93. The molecule has 0 aliphatic heterocycles. The molecule has 1 N–H and O–H groups in total. The maximum absolute atomic E-state index is 13.2. The molecular formula is C10H5Cl2FN2O4S2. The fourth-order valence-electron chi connectivity index (χ4n) is 1.43. The van der Waals surface area contributed by atoms with E-state index in [0.717, 1.165) is 35.6 Å². The molecule has 0 aliphatic carbocycles. The van der Waals surface area contributed by atoms with Crippen molar-refractivity contribution >= 4 is 55.9 Å². The first-order valence-electron chi connectivity index (χ1n) is 5.12. The number of nitro groups is 1. The Kier molecular flexibility index (Phi) is 4.38.